The van der Waals surface area contributed by atoms with Crippen molar-refractivity contribution < 1.29 is 14.3 Å². The van der Waals surface area contributed by atoms with E-state index in [0.29, 0.717) is 19.4 Å². The Balaban J connectivity index is 2.27. The monoisotopic (exact) mass is 282 g/mol. The first-order valence-electron chi connectivity index (χ1n) is 7.63. The number of hydrogen-bond donors (Lipinski definition) is 1. The molecule has 0 bridgehead atoms. The summed E-state index contributed by atoms with van der Waals surface area (Å²) in [5.74, 6) is -0.0404. The summed E-state index contributed by atoms with van der Waals surface area (Å²) in [4.78, 5) is 27.1. The molecule has 1 unspecified atom stereocenters. The number of amides is 2. The lowest BCUT2D eigenvalue weighted by Crippen LogP contribution is -2.74. The molecule has 20 heavy (non-hydrogen) atoms. The summed E-state index contributed by atoms with van der Waals surface area (Å²) in [5, 5.41) is 2.95. The van der Waals surface area contributed by atoms with Crippen LogP contribution < -0.4 is 5.32 Å². The number of carbonyl (C=O) groups is 2. The number of carbonyl (C=O) groups excluding carboxylic acids is 2. The standard InChI is InChI=1S/C15H26N2O3/c1-5-15(6-2)13(19)17(10-11-8-7-9-20-11)14(3,4)12(18)16-15/h11H,5-10H2,1-4H3,(H,16,18). The predicted octanol–water partition coefficient (Wildman–Crippen LogP) is 1.46. The van der Waals surface area contributed by atoms with Crippen LogP contribution in [-0.4, -0.2) is 47.0 Å². The molecule has 0 radical (unpaired) electrons. The second kappa shape index (κ2) is 5.35. The zero-order valence-corrected chi connectivity index (χ0v) is 13.0. The molecule has 1 N–H and O–H groups in total. The summed E-state index contributed by atoms with van der Waals surface area (Å²) >= 11 is 0. The minimum atomic E-state index is -0.809. The second-order valence-electron chi connectivity index (χ2n) is 6.35. The van der Waals surface area contributed by atoms with Gasteiger partial charge in [-0.25, -0.2) is 0 Å². The highest BCUT2D eigenvalue weighted by atomic mass is 16.5. The van der Waals surface area contributed by atoms with Crippen molar-refractivity contribution in [3.05, 3.63) is 0 Å². The Kier molecular flexibility index (Phi) is 4.09. The fraction of sp³-hybridized carbons (Fsp3) is 0.867. The van der Waals surface area contributed by atoms with Crippen LogP contribution in [0.4, 0.5) is 0 Å². The molecule has 114 valence electrons. The van der Waals surface area contributed by atoms with Gasteiger partial charge in [0.1, 0.15) is 11.1 Å². The highest BCUT2D eigenvalue weighted by Crippen LogP contribution is 2.31. The van der Waals surface area contributed by atoms with E-state index in [9.17, 15) is 9.59 Å². The van der Waals surface area contributed by atoms with Gasteiger partial charge in [-0.05, 0) is 39.5 Å². The minimum absolute atomic E-state index is 0.0302. The molecule has 1 atom stereocenters. The van der Waals surface area contributed by atoms with Gasteiger partial charge in [0.15, 0.2) is 0 Å². The summed E-state index contributed by atoms with van der Waals surface area (Å²) in [6.45, 7) is 8.79. The Morgan fingerprint density at radius 2 is 1.95 bits per heavy atom. The molecule has 5 nitrogen and oxygen atoms in total. The Morgan fingerprint density at radius 3 is 2.45 bits per heavy atom. The van der Waals surface area contributed by atoms with Crippen molar-refractivity contribution in [3.8, 4) is 0 Å². The third-order valence-electron chi connectivity index (χ3n) is 4.86. The number of hydrogen-bond acceptors (Lipinski definition) is 3. The van der Waals surface area contributed by atoms with Crippen LogP contribution in [0.2, 0.25) is 0 Å². The van der Waals surface area contributed by atoms with Crippen LogP contribution in [0.3, 0.4) is 0 Å². The molecular weight excluding hydrogens is 256 g/mol. The molecule has 0 aliphatic carbocycles. The number of piperazine rings is 1. The van der Waals surface area contributed by atoms with Crippen LogP contribution >= 0.6 is 0 Å². The van der Waals surface area contributed by atoms with Crippen molar-refractivity contribution in [2.24, 2.45) is 0 Å². The molecule has 0 saturated carbocycles. The van der Waals surface area contributed by atoms with Crippen LogP contribution in [0.25, 0.3) is 0 Å². The van der Waals surface area contributed by atoms with E-state index < -0.39 is 11.1 Å². The average molecular weight is 282 g/mol. The molecule has 0 spiro atoms. The number of nitrogens with one attached hydrogen (secondary N) is 1. The molecule has 0 aromatic heterocycles. The van der Waals surface area contributed by atoms with Crippen molar-refractivity contribution in [3.63, 3.8) is 0 Å². The van der Waals surface area contributed by atoms with E-state index in [1.54, 1.807) is 4.90 Å². The fourth-order valence-electron chi connectivity index (χ4n) is 3.09. The zero-order chi connectivity index (χ0) is 15.0. The van der Waals surface area contributed by atoms with Gasteiger partial charge in [0, 0.05) is 13.2 Å². The number of ether oxygens (including phenoxy) is 1. The van der Waals surface area contributed by atoms with E-state index >= 15 is 0 Å². The minimum Gasteiger partial charge on any atom is -0.376 e. The highest BCUT2D eigenvalue weighted by Gasteiger charge is 2.53. The van der Waals surface area contributed by atoms with Gasteiger partial charge in [-0.2, -0.15) is 0 Å². The van der Waals surface area contributed by atoms with Crippen molar-refractivity contribution >= 4 is 11.8 Å². The van der Waals surface area contributed by atoms with Gasteiger partial charge in [0.05, 0.1) is 6.10 Å². The van der Waals surface area contributed by atoms with Gasteiger partial charge < -0.3 is 15.0 Å². The van der Waals surface area contributed by atoms with Crippen LogP contribution in [0.15, 0.2) is 0 Å². The first-order chi connectivity index (χ1) is 9.37. The first kappa shape index (κ1) is 15.3. The van der Waals surface area contributed by atoms with E-state index in [0.717, 1.165) is 19.4 Å². The molecule has 2 rings (SSSR count). The molecule has 2 amide bonds. The van der Waals surface area contributed by atoms with Gasteiger partial charge in [-0.1, -0.05) is 13.8 Å². The molecular formula is C15H26N2O3. The van der Waals surface area contributed by atoms with Gasteiger partial charge in [-0.15, -0.1) is 0 Å². The third kappa shape index (κ3) is 2.32. The summed E-state index contributed by atoms with van der Waals surface area (Å²) in [5.41, 5.74) is -1.55. The number of rotatable bonds is 4. The molecule has 2 fully saturated rings. The molecule has 0 aromatic rings. The summed E-state index contributed by atoms with van der Waals surface area (Å²) in [6, 6.07) is 0. The van der Waals surface area contributed by atoms with Crippen LogP contribution in [0.5, 0.6) is 0 Å². The first-order valence-corrected chi connectivity index (χ1v) is 7.63. The highest BCUT2D eigenvalue weighted by molar-refractivity contribution is 6.01. The van der Waals surface area contributed by atoms with E-state index in [4.69, 9.17) is 4.74 Å². The molecule has 0 aromatic carbocycles. The maximum absolute atomic E-state index is 12.9. The lowest BCUT2D eigenvalue weighted by Gasteiger charge is -2.50. The van der Waals surface area contributed by atoms with Crippen molar-refractivity contribution in [1.29, 1.82) is 0 Å². The largest absolute Gasteiger partial charge is 0.376 e. The molecule has 2 aliphatic heterocycles. The Bertz CT molecular complexity index is 396. The maximum atomic E-state index is 12.9. The van der Waals surface area contributed by atoms with E-state index in [2.05, 4.69) is 5.32 Å². The summed E-state index contributed by atoms with van der Waals surface area (Å²) in [7, 11) is 0. The molecule has 2 heterocycles. The smallest absolute Gasteiger partial charge is 0.249 e. The number of nitrogens with zero attached hydrogens (tertiary/aromatic N) is 1. The van der Waals surface area contributed by atoms with Gasteiger partial charge in [0.2, 0.25) is 11.8 Å². The van der Waals surface area contributed by atoms with E-state index in [-0.39, 0.29) is 17.9 Å². The quantitative estimate of drug-likeness (QED) is 0.849. The maximum Gasteiger partial charge on any atom is 0.249 e. The SMILES string of the molecule is CCC1(CC)NC(=O)C(C)(C)N(CC2CCCO2)C1=O. The topological polar surface area (TPSA) is 58.6 Å². The summed E-state index contributed by atoms with van der Waals surface area (Å²) < 4.78 is 5.64. The predicted molar refractivity (Wildman–Crippen MR) is 76.2 cm³/mol. The van der Waals surface area contributed by atoms with Crippen molar-refractivity contribution in [1.82, 2.24) is 10.2 Å². The molecule has 5 heteroatoms. The van der Waals surface area contributed by atoms with Gasteiger partial charge in [-0.3, -0.25) is 9.59 Å². The second-order valence-corrected chi connectivity index (χ2v) is 6.35. The molecule has 2 aliphatic rings. The normalized spacial score (nSPS) is 28.6. The van der Waals surface area contributed by atoms with Crippen molar-refractivity contribution in [2.75, 3.05) is 13.2 Å². The van der Waals surface area contributed by atoms with Crippen molar-refractivity contribution in [2.45, 2.75) is 70.6 Å². The van der Waals surface area contributed by atoms with E-state index in [1.165, 1.54) is 0 Å². The Morgan fingerprint density at radius 1 is 1.30 bits per heavy atom. The summed E-state index contributed by atoms with van der Waals surface area (Å²) in [6.07, 6.45) is 3.30. The Labute approximate surface area is 121 Å². The van der Waals surface area contributed by atoms with Crippen LogP contribution in [0, 0.1) is 0 Å². The van der Waals surface area contributed by atoms with Gasteiger partial charge >= 0.3 is 0 Å². The lowest BCUT2D eigenvalue weighted by atomic mass is 9.83. The zero-order valence-electron chi connectivity index (χ0n) is 13.0. The van der Waals surface area contributed by atoms with E-state index in [1.807, 2.05) is 27.7 Å². The lowest BCUT2D eigenvalue weighted by molar-refractivity contribution is -0.163. The average Bonchev–Trinajstić information content (AvgIpc) is 2.92. The Hall–Kier alpha value is -1.10. The van der Waals surface area contributed by atoms with Crippen LogP contribution in [0.1, 0.15) is 53.4 Å². The molecule has 2 saturated heterocycles. The fourth-order valence-corrected chi connectivity index (χ4v) is 3.09. The third-order valence-corrected chi connectivity index (χ3v) is 4.86. The van der Waals surface area contributed by atoms with Gasteiger partial charge in [0.25, 0.3) is 0 Å². The van der Waals surface area contributed by atoms with Crippen LogP contribution in [-0.2, 0) is 14.3 Å².